The largest absolute Gasteiger partial charge is 0.397 e. The SMILES string of the molecule is Cc1nc2c(Cl)c(Cl)ccc2c(N)c1Br. The van der Waals surface area contributed by atoms with E-state index in [1.54, 1.807) is 6.07 Å². The number of aryl methyl sites for hydroxylation is 1. The van der Waals surface area contributed by atoms with Gasteiger partial charge in [0.15, 0.2) is 0 Å². The number of halogens is 3. The molecular weight excluding hydrogens is 299 g/mol. The van der Waals surface area contributed by atoms with Gasteiger partial charge in [0.1, 0.15) is 0 Å². The maximum atomic E-state index is 6.06. The van der Waals surface area contributed by atoms with E-state index in [-0.39, 0.29) is 0 Å². The van der Waals surface area contributed by atoms with Gasteiger partial charge in [0.2, 0.25) is 0 Å². The maximum absolute atomic E-state index is 6.06. The van der Waals surface area contributed by atoms with Crippen LogP contribution >= 0.6 is 39.1 Å². The molecule has 2 aromatic rings. The molecule has 0 aliphatic heterocycles. The summed E-state index contributed by atoms with van der Waals surface area (Å²) in [5, 5.41) is 1.73. The van der Waals surface area contributed by atoms with Crippen molar-refractivity contribution in [1.82, 2.24) is 4.98 Å². The lowest BCUT2D eigenvalue weighted by Gasteiger charge is -2.08. The van der Waals surface area contributed by atoms with Crippen LogP contribution in [0.15, 0.2) is 16.6 Å². The Balaban J connectivity index is 2.98. The first-order valence-corrected chi connectivity index (χ1v) is 5.76. The molecule has 0 saturated heterocycles. The van der Waals surface area contributed by atoms with Gasteiger partial charge in [-0.25, -0.2) is 0 Å². The Morgan fingerprint density at radius 3 is 2.67 bits per heavy atom. The summed E-state index contributed by atoms with van der Waals surface area (Å²) in [5.41, 5.74) is 8.02. The maximum Gasteiger partial charge on any atom is 0.0928 e. The number of aromatic nitrogens is 1. The van der Waals surface area contributed by atoms with E-state index in [0.717, 1.165) is 15.6 Å². The molecule has 2 rings (SSSR count). The lowest BCUT2D eigenvalue weighted by Crippen LogP contribution is -1.95. The van der Waals surface area contributed by atoms with Crippen molar-refractivity contribution in [3.63, 3.8) is 0 Å². The molecule has 78 valence electrons. The van der Waals surface area contributed by atoms with E-state index >= 15 is 0 Å². The van der Waals surface area contributed by atoms with E-state index < -0.39 is 0 Å². The highest BCUT2D eigenvalue weighted by molar-refractivity contribution is 9.10. The number of hydrogen-bond donors (Lipinski definition) is 1. The quantitative estimate of drug-likeness (QED) is 0.792. The number of anilines is 1. The number of hydrogen-bond acceptors (Lipinski definition) is 2. The summed E-state index contributed by atoms with van der Waals surface area (Å²) in [7, 11) is 0. The van der Waals surface area contributed by atoms with Crippen LogP contribution < -0.4 is 5.73 Å². The molecule has 0 radical (unpaired) electrons. The van der Waals surface area contributed by atoms with Crippen LogP contribution in [0, 0.1) is 6.92 Å². The van der Waals surface area contributed by atoms with Crippen molar-refractivity contribution in [2.75, 3.05) is 5.73 Å². The van der Waals surface area contributed by atoms with Crippen LogP contribution in [0.5, 0.6) is 0 Å². The first-order chi connectivity index (χ1) is 7.02. The first kappa shape index (κ1) is 11.0. The molecule has 5 heteroatoms. The van der Waals surface area contributed by atoms with Crippen LogP contribution in [0.2, 0.25) is 10.0 Å². The molecule has 0 bridgehead atoms. The summed E-state index contributed by atoms with van der Waals surface area (Å²) in [6.45, 7) is 1.86. The third-order valence-corrected chi connectivity index (χ3v) is 3.99. The summed E-state index contributed by atoms with van der Waals surface area (Å²) in [5.74, 6) is 0. The zero-order valence-corrected chi connectivity index (χ0v) is 10.9. The standard InChI is InChI=1S/C10H7BrCl2N2/c1-4-7(11)9(14)5-2-3-6(12)8(13)10(5)15-4/h2-3H,1H3,(H2,14,15). The van der Waals surface area contributed by atoms with Crippen molar-refractivity contribution in [3.05, 3.63) is 32.3 Å². The highest BCUT2D eigenvalue weighted by atomic mass is 79.9. The van der Waals surface area contributed by atoms with Gasteiger partial charge in [-0.05, 0) is 35.0 Å². The second kappa shape index (κ2) is 3.81. The van der Waals surface area contributed by atoms with Crippen molar-refractivity contribution >= 4 is 55.7 Å². The van der Waals surface area contributed by atoms with Crippen molar-refractivity contribution in [1.29, 1.82) is 0 Å². The molecule has 0 saturated carbocycles. The molecular formula is C10H7BrCl2N2. The molecule has 0 amide bonds. The Kier molecular flexibility index (Phi) is 2.79. The molecule has 0 aliphatic carbocycles. The molecule has 0 spiro atoms. The molecule has 0 aliphatic rings. The number of pyridine rings is 1. The number of nitrogens with zero attached hydrogens (tertiary/aromatic N) is 1. The first-order valence-electron chi connectivity index (χ1n) is 4.21. The lowest BCUT2D eigenvalue weighted by molar-refractivity contribution is 1.24. The molecule has 0 atom stereocenters. The smallest absolute Gasteiger partial charge is 0.0928 e. The van der Waals surface area contributed by atoms with Gasteiger partial charge >= 0.3 is 0 Å². The van der Waals surface area contributed by atoms with Gasteiger partial charge in [-0.15, -0.1) is 0 Å². The lowest BCUT2D eigenvalue weighted by atomic mass is 10.1. The van der Waals surface area contributed by atoms with Gasteiger partial charge in [0.25, 0.3) is 0 Å². The Morgan fingerprint density at radius 1 is 1.33 bits per heavy atom. The van der Waals surface area contributed by atoms with E-state index in [9.17, 15) is 0 Å². The van der Waals surface area contributed by atoms with Crippen molar-refractivity contribution in [2.24, 2.45) is 0 Å². The molecule has 15 heavy (non-hydrogen) atoms. The average molecular weight is 306 g/mol. The highest BCUT2D eigenvalue weighted by Gasteiger charge is 2.11. The van der Waals surface area contributed by atoms with Crippen LogP contribution in [-0.4, -0.2) is 4.98 Å². The molecule has 1 heterocycles. The number of benzene rings is 1. The monoisotopic (exact) mass is 304 g/mol. The van der Waals surface area contributed by atoms with Gasteiger partial charge < -0.3 is 5.73 Å². The van der Waals surface area contributed by atoms with Crippen LogP contribution in [0.4, 0.5) is 5.69 Å². The number of nitrogen functional groups attached to an aromatic ring is 1. The number of nitrogens with two attached hydrogens (primary N) is 1. The van der Waals surface area contributed by atoms with Gasteiger partial charge in [-0.2, -0.15) is 0 Å². The van der Waals surface area contributed by atoms with E-state index in [4.69, 9.17) is 28.9 Å². The van der Waals surface area contributed by atoms with E-state index in [0.29, 0.717) is 21.2 Å². The Hall–Kier alpha value is -0.510. The molecule has 2 nitrogen and oxygen atoms in total. The number of rotatable bonds is 0. The molecule has 1 aromatic carbocycles. The Labute approximate surface area is 106 Å². The fourth-order valence-corrected chi connectivity index (χ4v) is 2.06. The second-order valence-corrected chi connectivity index (χ2v) is 4.76. The minimum absolute atomic E-state index is 0.441. The fourth-order valence-electron chi connectivity index (χ4n) is 1.40. The third-order valence-electron chi connectivity index (χ3n) is 2.19. The molecule has 0 unspecified atom stereocenters. The second-order valence-electron chi connectivity index (χ2n) is 3.18. The molecule has 1 aromatic heterocycles. The average Bonchev–Trinajstić information content (AvgIpc) is 2.21. The van der Waals surface area contributed by atoms with E-state index in [1.165, 1.54) is 0 Å². The van der Waals surface area contributed by atoms with Gasteiger partial charge in [-0.3, -0.25) is 4.98 Å². The Bertz CT molecular complexity index is 555. The summed E-state index contributed by atoms with van der Waals surface area (Å²) in [6.07, 6.45) is 0. The van der Waals surface area contributed by atoms with Gasteiger partial charge in [-0.1, -0.05) is 23.2 Å². The Morgan fingerprint density at radius 2 is 2.00 bits per heavy atom. The van der Waals surface area contributed by atoms with Crippen molar-refractivity contribution in [3.8, 4) is 0 Å². The summed E-state index contributed by atoms with van der Waals surface area (Å²) in [6, 6.07) is 3.53. The predicted octanol–water partition coefficient (Wildman–Crippen LogP) is 4.19. The predicted molar refractivity (Wildman–Crippen MR) is 68.6 cm³/mol. The minimum atomic E-state index is 0.441. The van der Waals surface area contributed by atoms with Crippen LogP contribution in [0.25, 0.3) is 10.9 Å². The van der Waals surface area contributed by atoms with E-state index in [2.05, 4.69) is 20.9 Å². The fraction of sp³-hybridized carbons (Fsp3) is 0.100. The molecule has 0 fully saturated rings. The topological polar surface area (TPSA) is 38.9 Å². The van der Waals surface area contributed by atoms with Gasteiger partial charge in [0, 0.05) is 5.39 Å². The highest BCUT2D eigenvalue weighted by Crippen LogP contribution is 2.36. The minimum Gasteiger partial charge on any atom is -0.397 e. The number of fused-ring (bicyclic) bond motifs is 1. The zero-order chi connectivity index (χ0) is 11.2. The third kappa shape index (κ3) is 1.69. The van der Waals surface area contributed by atoms with Crippen LogP contribution in [0.1, 0.15) is 5.69 Å². The normalized spacial score (nSPS) is 10.9. The summed E-state index contributed by atoms with van der Waals surface area (Å²) in [4.78, 5) is 4.35. The van der Waals surface area contributed by atoms with Crippen molar-refractivity contribution < 1.29 is 0 Å². The van der Waals surface area contributed by atoms with Crippen molar-refractivity contribution in [2.45, 2.75) is 6.92 Å². The summed E-state index contributed by atoms with van der Waals surface area (Å²) < 4.78 is 0.799. The van der Waals surface area contributed by atoms with Crippen LogP contribution in [0.3, 0.4) is 0 Å². The van der Waals surface area contributed by atoms with Gasteiger partial charge in [0.05, 0.1) is 31.4 Å². The van der Waals surface area contributed by atoms with E-state index in [1.807, 2.05) is 13.0 Å². The summed E-state index contributed by atoms with van der Waals surface area (Å²) >= 11 is 15.3. The molecule has 2 N–H and O–H groups in total. The zero-order valence-electron chi connectivity index (χ0n) is 7.81. The van der Waals surface area contributed by atoms with Crippen LogP contribution in [-0.2, 0) is 0 Å².